The normalized spacial score (nSPS) is 15.5. The van der Waals surface area contributed by atoms with E-state index in [2.05, 4.69) is 21.9 Å². The lowest BCUT2D eigenvalue weighted by Gasteiger charge is -2.12. The molecule has 0 radical (unpaired) electrons. The molecule has 1 aliphatic heterocycles. The van der Waals surface area contributed by atoms with Gasteiger partial charge in [0.25, 0.3) is 5.91 Å². The molecule has 4 heteroatoms. The first-order valence-corrected chi connectivity index (χ1v) is 6.41. The molecular weight excluding hydrogens is 238 g/mol. The zero-order valence-corrected chi connectivity index (χ0v) is 11.6. The van der Waals surface area contributed by atoms with Gasteiger partial charge in [0.05, 0.1) is 17.0 Å². The second-order valence-corrected chi connectivity index (χ2v) is 4.72. The first kappa shape index (κ1) is 13.3. The molecule has 0 saturated heterocycles. The number of nitrogens with one attached hydrogen (secondary N) is 2. The van der Waals surface area contributed by atoms with Gasteiger partial charge in [-0.1, -0.05) is 12.7 Å². The third-order valence-corrected chi connectivity index (χ3v) is 3.11. The lowest BCUT2D eigenvalue weighted by Crippen LogP contribution is -2.31. The van der Waals surface area contributed by atoms with Gasteiger partial charge in [0.2, 0.25) is 0 Å². The largest absolute Gasteiger partial charge is 0.356 e. The summed E-state index contributed by atoms with van der Waals surface area (Å²) >= 11 is 0. The summed E-state index contributed by atoms with van der Waals surface area (Å²) in [5, 5.41) is 2.87. The number of hydrogen-bond donors (Lipinski definition) is 2. The van der Waals surface area contributed by atoms with Crippen LogP contribution in [0.2, 0.25) is 0 Å². The molecule has 0 unspecified atom stereocenters. The zero-order chi connectivity index (χ0) is 14.0. The highest BCUT2D eigenvalue weighted by Gasteiger charge is 2.24. The van der Waals surface area contributed by atoms with Gasteiger partial charge in [-0.2, -0.15) is 0 Å². The van der Waals surface area contributed by atoms with Crippen LogP contribution >= 0.6 is 0 Å². The van der Waals surface area contributed by atoms with E-state index in [0.29, 0.717) is 6.54 Å². The summed E-state index contributed by atoms with van der Waals surface area (Å²) in [4.78, 5) is 19.7. The average Bonchev–Trinajstić information content (AvgIpc) is 2.67. The van der Waals surface area contributed by atoms with Gasteiger partial charge in [-0.05, 0) is 32.4 Å². The Morgan fingerprint density at radius 1 is 1.47 bits per heavy atom. The summed E-state index contributed by atoms with van der Waals surface area (Å²) in [5.74, 6) is -0.00333. The number of aliphatic imine (C=N–C) groups is 1. The molecule has 0 fully saturated rings. The zero-order valence-electron chi connectivity index (χ0n) is 11.6. The fourth-order valence-electron chi connectivity index (χ4n) is 2.34. The second kappa shape index (κ2) is 5.26. The molecule has 1 aliphatic rings. The van der Waals surface area contributed by atoms with Crippen LogP contribution in [-0.2, 0) is 6.42 Å². The molecule has 2 heterocycles. The Kier molecular flexibility index (Phi) is 3.69. The number of H-pyrrole nitrogens is 1. The molecule has 0 aliphatic carbocycles. The number of aromatic nitrogens is 1. The van der Waals surface area contributed by atoms with E-state index in [-0.39, 0.29) is 5.91 Å². The smallest absolute Gasteiger partial charge is 0.253 e. The second-order valence-electron chi connectivity index (χ2n) is 4.72. The summed E-state index contributed by atoms with van der Waals surface area (Å²) in [7, 11) is 0. The van der Waals surface area contributed by atoms with Gasteiger partial charge in [0, 0.05) is 24.4 Å². The van der Waals surface area contributed by atoms with Crippen LogP contribution in [0.25, 0.3) is 0 Å². The van der Waals surface area contributed by atoms with Crippen LogP contribution < -0.4 is 5.32 Å². The lowest BCUT2D eigenvalue weighted by atomic mass is 10.0. The number of carbonyl (C=O) groups is 1. The standard InChI is InChI=1S/C15H19N3O/c1-5-6-12(17-9(2)3)14-10(4)13-11(18-14)7-8-16-15(13)19/h5-6,18H,2,7-8H2,1,3-4H3,(H,16,19)/b6-5-,17-12+. The maximum Gasteiger partial charge on any atom is 0.253 e. The summed E-state index contributed by atoms with van der Waals surface area (Å²) < 4.78 is 0. The van der Waals surface area contributed by atoms with Crippen molar-refractivity contribution in [3.8, 4) is 0 Å². The number of carbonyl (C=O) groups excluding carboxylic acids is 1. The Morgan fingerprint density at radius 2 is 2.21 bits per heavy atom. The van der Waals surface area contributed by atoms with Crippen LogP contribution in [0.5, 0.6) is 0 Å². The van der Waals surface area contributed by atoms with E-state index >= 15 is 0 Å². The highest BCUT2D eigenvalue weighted by molar-refractivity contribution is 6.11. The molecule has 19 heavy (non-hydrogen) atoms. The van der Waals surface area contributed by atoms with Crippen molar-refractivity contribution >= 4 is 11.6 Å². The molecular formula is C15H19N3O. The van der Waals surface area contributed by atoms with Gasteiger partial charge in [-0.25, -0.2) is 0 Å². The number of aromatic amines is 1. The first-order valence-electron chi connectivity index (χ1n) is 6.41. The predicted octanol–water partition coefficient (Wildman–Crippen LogP) is 2.51. The topological polar surface area (TPSA) is 57.2 Å². The highest BCUT2D eigenvalue weighted by atomic mass is 16.1. The van der Waals surface area contributed by atoms with Crippen LogP contribution in [0.3, 0.4) is 0 Å². The van der Waals surface area contributed by atoms with Crippen molar-refractivity contribution in [1.29, 1.82) is 0 Å². The predicted molar refractivity (Wildman–Crippen MR) is 77.7 cm³/mol. The number of hydrogen-bond acceptors (Lipinski definition) is 2. The monoisotopic (exact) mass is 257 g/mol. The van der Waals surface area contributed by atoms with E-state index in [1.807, 2.05) is 32.9 Å². The highest BCUT2D eigenvalue weighted by Crippen LogP contribution is 2.22. The van der Waals surface area contributed by atoms with Crippen LogP contribution in [0.4, 0.5) is 0 Å². The molecule has 1 amide bonds. The number of fused-ring (bicyclic) bond motifs is 1. The van der Waals surface area contributed by atoms with Gasteiger partial charge >= 0.3 is 0 Å². The maximum atomic E-state index is 11.9. The van der Waals surface area contributed by atoms with E-state index in [1.54, 1.807) is 0 Å². The van der Waals surface area contributed by atoms with Gasteiger partial charge in [0.1, 0.15) is 0 Å². The maximum absolute atomic E-state index is 11.9. The first-order chi connectivity index (χ1) is 9.04. The van der Waals surface area contributed by atoms with Gasteiger partial charge in [-0.15, -0.1) is 0 Å². The molecule has 0 spiro atoms. The third-order valence-electron chi connectivity index (χ3n) is 3.11. The Hall–Kier alpha value is -2.10. The van der Waals surface area contributed by atoms with Crippen LogP contribution in [0, 0.1) is 6.92 Å². The Morgan fingerprint density at radius 3 is 2.79 bits per heavy atom. The average molecular weight is 257 g/mol. The summed E-state index contributed by atoms with van der Waals surface area (Å²) in [6.07, 6.45) is 4.69. The van der Waals surface area contributed by atoms with Crippen molar-refractivity contribution in [2.24, 2.45) is 4.99 Å². The van der Waals surface area contributed by atoms with Crippen molar-refractivity contribution in [2.45, 2.75) is 27.2 Å². The van der Waals surface area contributed by atoms with E-state index in [4.69, 9.17) is 0 Å². The minimum absolute atomic E-state index is 0.00333. The van der Waals surface area contributed by atoms with Crippen LogP contribution in [0.1, 0.15) is 41.2 Å². The Bertz CT molecular complexity index is 591. The summed E-state index contributed by atoms with van der Waals surface area (Å²) in [6, 6.07) is 0. The molecule has 0 aromatic carbocycles. The fraction of sp³-hybridized carbons (Fsp3) is 0.333. The third kappa shape index (κ3) is 2.52. The van der Waals surface area contributed by atoms with Crippen molar-refractivity contribution in [1.82, 2.24) is 10.3 Å². The fourth-order valence-corrected chi connectivity index (χ4v) is 2.34. The summed E-state index contributed by atoms with van der Waals surface area (Å²) in [6.45, 7) is 10.2. The number of rotatable bonds is 3. The quantitative estimate of drug-likeness (QED) is 0.803. The number of amides is 1. The molecule has 1 aromatic rings. The Balaban J connectivity index is 2.56. The van der Waals surface area contributed by atoms with Crippen molar-refractivity contribution in [2.75, 3.05) is 6.54 Å². The van der Waals surface area contributed by atoms with E-state index in [9.17, 15) is 4.79 Å². The van der Waals surface area contributed by atoms with Crippen molar-refractivity contribution in [3.63, 3.8) is 0 Å². The molecule has 0 bridgehead atoms. The molecule has 0 saturated carbocycles. The van der Waals surface area contributed by atoms with Crippen LogP contribution in [0.15, 0.2) is 29.4 Å². The molecule has 0 atom stereocenters. The molecule has 1 aromatic heterocycles. The van der Waals surface area contributed by atoms with Crippen molar-refractivity contribution < 1.29 is 4.79 Å². The molecule has 2 N–H and O–H groups in total. The minimum Gasteiger partial charge on any atom is -0.356 e. The van der Waals surface area contributed by atoms with E-state index in [1.165, 1.54) is 0 Å². The minimum atomic E-state index is -0.00333. The molecule has 2 rings (SSSR count). The molecule has 100 valence electrons. The lowest BCUT2D eigenvalue weighted by molar-refractivity contribution is 0.0945. The SMILES string of the molecule is C=C(C)/N=C(\C=C/C)c1[nH]c2c(c1C)C(=O)NCC2. The van der Waals surface area contributed by atoms with E-state index < -0.39 is 0 Å². The molecule has 4 nitrogen and oxygen atoms in total. The van der Waals surface area contributed by atoms with Gasteiger partial charge < -0.3 is 10.3 Å². The van der Waals surface area contributed by atoms with Crippen LogP contribution in [-0.4, -0.2) is 23.1 Å². The number of allylic oxidation sites excluding steroid dienone is 3. The summed E-state index contributed by atoms with van der Waals surface area (Å²) in [5.41, 5.74) is 5.17. The van der Waals surface area contributed by atoms with E-state index in [0.717, 1.165) is 40.3 Å². The number of nitrogens with zero attached hydrogens (tertiary/aromatic N) is 1. The van der Waals surface area contributed by atoms with Gasteiger partial charge in [-0.3, -0.25) is 9.79 Å². The van der Waals surface area contributed by atoms with Crippen molar-refractivity contribution in [3.05, 3.63) is 46.9 Å². The Labute approximate surface area is 113 Å². The van der Waals surface area contributed by atoms with Gasteiger partial charge in [0.15, 0.2) is 0 Å².